The first-order chi connectivity index (χ1) is 11.9. The molecule has 1 heterocycles. The fourth-order valence-corrected chi connectivity index (χ4v) is 2.85. The van der Waals surface area contributed by atoms with E-state index in [0.29, 0.717) is 34.9 Å². The van der Waals surface area contributed by atoms with Crippen LogP contribution in [-0.2, 0) is 9.53 Å². The monoisotopic (exact) mass is 341 g/mol. The summed E-state index contributed by atoms with van der Waals surface area (Å²) < 4.78 is 4.94. The summed E-state index contributed by atoms with van der Waals surface area (Å²) in [4.78, 5) is 26.5. The molecule has 2 rings (SSSR count). The lowest BCUT2D eigenvalue weighted by Gasteiger charge is -2.35. The molecule has 0 bridgehead atoms. The third-order valence-corrected chi connectivity index (χ3v) is 4.28. The van der Waals surface area contributed by atoms with Crippen LogP contribution in [-0.4, -0.2) is 30.6 Å². The van der Waals surface area contributed by atoms with Crippen LogP contribution in [0.2, 0.25) is 0 Å². The summed E-state index contributed by atoms with van der Waals surface area (Å²) in [5, 5.41) is 12.0. The zero-order chi connectivity index (χ0) is 18.6. The Kier molecular flexibility index (Phi) is 5.81. The van der Waals surface area contributed by atoms with Gasteiger partial charge in [0.1, 0.15) is 0 Å². The lowest BCUT2D eigenvalue weighted by Crippen LogP contribution is -2.48. The number of carbonyl (C=O) groups is 2. The number of amides is 2. The van der Waals surface area contributed by atoms with Gasteiger partial charge in [0.25, 0.3) is 0 Å². The number of esters is 1. The van der Waals surface area contributed by atoms with Gasteiger partial charge in [0.2, 0.25) is 0 Å². The van der Waals surface area contributed by atoms with Crippen LogP contribution in [0, 0.1) is 17.2 Å². The Balaban J connectivity index is 2.48. The summed E-state index contributed by atoms with van der Waals surface area (Å²) in [7, 11) is 1.32. The van der Waals surface area contributed by atoms with Crippen molar-refractivity contribution in [2.24, 2.45) is 5.92 Å². The van der Waals surface area contributed by atoms with Crippen LogP contribution in [0.4, 0.5) is 4.79 Å². The van der Waals surface area contributed by atoms with Crippen molar-refractivity contribution < 1.29 is 14.3 Å². The molecule has 1 aromatic rings. The minimum absolute atomic E-state index is 0.252. The number of methoxy groups -OCH3 is 1. The van der Waals surface area contributed by atoms with E-state index in [-0.39, 0.29) is 6.03 Å². The van der Waals surface area contributed by atoms with Crippen LogP contribution in [0.1, 0.15) is 44.4 Å². The van der Waals surface area contributed by atoms with Gasteiger partial charge in [-0.25, -0.2) is 9.59 Å². The first kappa shape index (κ1) is 18.5. The molecule has 0 saturated heterocycles. The summed E-state index contributed by atoms with van der Waals surface area (Å²) in [6, 6.07) is 8.05. The van der Waals surface area contributed by atoms with E-state index in [1.807, 2.05) is 0 Å². The van der Waals surface area contributed by atoms with Gasteiger partial charge >= 0.3 is 12.0 Å². The predicted octanol–water partition coefficient (Wildman–Crippen LogP) is 3.12. The van der Waals surface area contributed by atoms with Crippen LogP contribution in [0.25, 0.3) is 0 Å². The average Bonchev–Trinajstić information content (AvgIpc) is 2.60. The number of carbonyl (C=O) groups excluding carboxylic acids is 2. The second kappa shape index (κ2) is 7.84. The molecule has 1 N–H and O–H groups in total. The first-order valence-electron chi connectivity index (χ1n) is 8.26. The Hall–Kier alpha value is -2.81. The van der Waals surface area contributed by atoms with Crippen molar-refractivity contribution in [2.45, 2.75) is 33.2 Å². The van der Waals surface area contributed by atoms with Crippen molar-refractivity contribution >= 4 is 12.0 Å². The van der Waals surface area contributed by atoms with E-state index in [2.05, 4.69) is 25.2 Å². The lowest BCUT2D eigenvalue weighted by atomic mass is 9.93. The maximum atomic E-state index is 12.6. The summed E-state index contributed by atoms with van der Waals surface area (Å²) in [5.74, 6) is -0.0494. The molecule has 0 radical (unpaired) electrons. The number of hydrogen-bond donors (Lipinski definition) is 1. The maximum Gasteiger partial charge on any atom is 0.337 e. The van der Waals surface area contributed by atoms with E-state index in [1.54, 1.807) is 36.1 Å². The molecule has 0 fully saturated rings. The standard InChI is InChI=1S/C19H23N3O3/c1-12(2)8-9-22-13(3)16(18(23)25-4)17(21-19(22)24)15-7-5-6-14(10-15)11-20/h5-7,10,12,17H,8-9H2,1-4H3,(H,21,24). The second-order valence-electron chi connectivity index (χ2n) is 6.44. The third-order valence-electron chi connectivity index (χ3n) is 4.28. The van der Waals surface area contributed by atoms with Gasteiger partial charge in [0.05, 0.1) is 30.4 Å². The molecule has 0 saturated carbocycles. The molecule has 1 aliphatic heterocycles. The molecular formula is C19H23N3O3. The highest BCUT2D eigenvalue weighted by Crippen LogP contribution is 2.31. The molecule has 0 spiro atoms. The molecule has 25 heavy (non-hydrogen) atoms. The molecule has 1 aromatic carbocycles. The van der Waals surface area contributed by atoms with Crippen LogP contribution < -0.4 is 5.32 Å². The molecule has 2 amide bonds. The molecule has 0 aliphatic carbocycles. The smallest absolute Gasteiger partial charge is 0.337 e. The Labute approximate surface area is 148 Å². The predicted molar refractivity (Wildman–Crippen MR) is 93.3 cm³/mol. The summed E-state index contributed by atoms with van der Waals surface area (Å²) in [5.41, 5.74) is 2.12. The topological polar surface area (TPSA) is 82.4 Å². The van der Waals surface area contributed by atoms with Gasteiger partial charge in [0, 0.05) is 12.2 Å². The van der Waals surface area contributed by atoms with Crippen molar-refractivity contribution in [2.75, 3.05) is 13.7 Å². The van der Waals surface area contributed by atoms with E-state index >= 15 is 0 Å². The van der Waals surface area contributed by atoms with E-state index in [4.69, 9.17) is 10.00 Å². The molecule has 1 atom stereocenters. The third kappa shape index (κ3) is 4.00. The lowest BCUT2D eigenvalue weighted by molar-refractivity contribution is -0.136. The molecule has 1 aliphatic rings. The highest BCUT2D eigenvalue weighted by molar-refractivity contribution is 5.95. The van der Waals surface area contributed by atoms with Gasteiger partial charge in [-0.1, -0.05) is 26.0 Å². The summed E-state index contributed by atoms with van der Waals surface area (Å²) in [6.07, 6.45) is 0.827. The van der Waals surface area contributed by atoms with Crippen LogP contribution in [0.15, 0.2) is 35.5 Å². The van der Waals surface area contributed by atoms with Crippen molar-refractivity contribution in [1.29, 1.82) is 5.26 Å². The van der Waals surface area contributed by atoms with Crippen LogP contribution in [0.5, 0.6) is 0 Å². The minimum Gasteiger partial charge on any atom is -0.466 e. The number of nitrogens with zero attached hydrogens (tertiary/aromatic N) is 2. The SMILES string of the molecule is COC(=O)C1=C(C)N(CCC(C)C)C(=O)NC1c1cccc(C#N)c1. The van der Waals surface area contributed by atoms with Gasteiger partial charge in [0.15, 0.2) is 0 Å². The Bertz CT molecular complexity index is 747. The number of nitrogens with one attached hydrogen (secondary N) is 1. The van der Waals surface area contributed by atoms with Gasteiger partial charge in [-0.05, 0) is 37.0 Å². The second-order valence-corrected chi connectivity index (χ2v) is 6.44. The first-order valence-corrected chi connectivity index (χ1v) is 8.26. The van der Waals surface area contributed by atoms with E-state index < -0.39 is 12.0 Å². The molecule has 1 unspecified atom stereocenters. The highest BCUT2D eigenvalue weighted by atomic mass is 16.5. The van der Waals surface area contributed by atoms with E-state index in [0.717, 1.165) is 6.42 Å². The van der Waals surface area contributed by atoms with Crippen molar-refractivity contribution in [3.63, 3.8) is 0 Å². The molecular weight excluding hydrogens is 318 g/mol. The largest absolute Gasteiger partial charge is 0.466 e. The average molecular weight is 341 g/mol. The Morgan fingerprint density at radius 3 is 2.76 bits per heavy atom. The van der Waals surface area contributed by atoms with Gasteiger partial charge in [-0.2, -0.15) is 5.26 Å². The number of hydrogen-bond acceptors (Lipinski definition) is 4. The number of urea groups is 1. The number of benzene rings is 1. The number of ether oxygens (including phenoxy) is 1. The van der Waals surface area contributed by atoms with Crippen molar-refractivity contribution in [3.8, 4) is 6.07 Å². The number of nitriles is 1. The zero-order valence-electron chi connectivity index (χ0n) is 15.0. The van der Waals surface area contributed by atoms with Gasteiger partial charge in [-0.15, -0.1) is 0 Å². The number of allylic oxidation sites excluding steroid dienone is 1. The van der Waals surface area contributed by atoms with Crippen LogP contribution >= 0.6 is 0 Å². The van der Waals surface area contributed by atoms with Crippen LogP contribution in [0.3, 0.4) is 0 Å². The maximum absolute atomic E-state index is 12.6. The molecule has 6 nitrogen and oxygen atoms in total. The van der Waals surface area contributed by atoms with E-state index in [9.17, 15) is 9.59 Å². The Morgan fingerprint density at radius 1 is 1.44 bits per heavy atom. The normalized spacial score (nSPS) is 17.4. The molecule has 0 aromatic heterocycles. The summed E-state index contributed by atoms with van der Waals surface area (Å²) >= 11 is 0. The van der Waals surface area contributed by atoms with Crippen molar-refractivity contribution in [3.05, 3.63) is 46.7 Å². The summed E-state index contributed by atoms with van der Waals surface area (Å²) in [6.45, 7) is 6.45. The Morgan fingerprint density at radius 2 is 2.16 bits per heavy atom. The fraction of sp³-hybridized carbons (Fsp3) is 0.421. The number of rotatable bonds is 5. The highest BCUT2D eigenvalue weighted by Gasteiger charge is 2.36. The quantitative estimate of drug-likeness (QED) is 0.834. The molecule has 6 heteroatoms. The van der Waals surface area contributed by atoms with Gasteiger partial charge < -0.3 is 10.1 Å². The van der Waals surface area contributed by atoms with E-state index in [1.165, 1.54) is 7.11 Å². The van der Waals surface area contributed by atoms with Gasteiger partial charge in [-0.3, -0.25) is 4.90 Å². The fourth-order valence-electron chi connectivity index (χ4n) is 2.85. The minimum atomic E-state index is -0.636. The zero-order valence-corrected chi connectivity index (χ0v) is 15.0. The van der Waals surface area contributed by atoms with Crippen molar-refractivity contribution in [1.82, 2.24) is 10.2 Å². The molecule has 132 valence electrons.